The second-order valence-corrected chi connectivity index (χ2v) is 2.82. The summed E-state index contributed by atoms with van der Waals surface area (Å²) in [5.41, 5.74) is 1.07. The summed E-state index contributed by atoms with van der Waals surface area (Å²) in [4.78, 5) is 3.98. The van der Waals surface area contributed by atoms with Crippen LogP contribution in [0.25, 0.3) is 0 Å². The van der Waals surface area contributed by atoms with Gasteiger partial charge in [-0.3, -0.25) is 4.98 Å². The third-order valence-electron chi connectivity index (χ3n) is 1.52. The third kappa shape index (κ3) is 7.26. The second-order valence-electron chi connectivity index (χ2n) is 2.82. The molecule has 0 saturated heterocycles. The second kappa shape index (κ2) is 8.25. The van der Waals surface area contributed by atoms with Crippen LogP contribution in [0.4, 0.5) is 0 Å². The molecule has 0 aliphatic rings. The van der Waals surface area contributed by atoms with Gasteiger partial charge in [-0.1, -0.05) is 39.2 Å². The van der Waals surface area contributed by atoms with E-state index in [0.717, 1.165) is 5.69 Å². The predicted molar refractivity (Wildman–Crippen MR) is 54.2 cm³/mol. The van der Waals surface area contributed by atoms with Crippen LogP contribution in [-0.4, -0.2) is 4.98 Å². The maximum absolute atomic E-state index is 3.98. The summed E-state index contributed by atoms with van der Waals surface area (Å²) in [5.74, 6) is 0. The summed E-state index contributed by atoms with van der Waals surface area (Å²) in [6.07, 6.45) is 5.86. The summed E-state index contributed by atoms with van der Waals surface area (Å²) >= 11 is 0. The molecule has 68 valence electrons. The lowest BCUT2D eigenvalue weighted by atomic mass is 10.3. The minimum Gasteiger partial charge on any atom is -0.262 e. The van der Waals surface area contributed by atoms with Crippen LogP contribution in [0, 0.1) is 6.92 Å². The number of nitrogens with zero attached hydrogens (tertiary/aromatic N) is 1. The fraction of sp³-hybridized carbons (Fsp3) is 0.545. The Kier molecular flexibility index (Phi) is 7.66. The zero-order chi connectivity index (χ0) is 9.23. The van der Waals surface area contributed by atoms with Gasteiger partial charge in [-0.25, -0.2) is 0 Å². The molecule has 0 unspecified atom stereocenters. The zero-order valence-electron chi connectivity index (χ0n) is 8.38. The number of hydrogen-bond acceptors (Lipinski definition) is 1. The molecule has 0 saturated carbocycles. The Balaban J connectivity index is 0.000000217. The van der Waals surface area contributed by atoms with Crippen LogP contribution in [0.5, 0.6) is 0 Å². The summed E-state index contributed by atoms with van der Waals surface area (Å²) in [5, 5.41) is 0. The van der Waals surface area contributed by atoms with Crippen molar-refractivity contribution in [2.24, 2.45) is 0 Å². The van der Waals surface area contributed by atoms with Gasteiger partial charge in [-0.2, -0.15) is 0 Å². The lowest BCUT2D eigenvalue weighted by molar-refractivity contribution is 0.772. The van der Waals surface area contributed by atoms with Crippen LogP contribution in [0.1, 0.15) is 38.8 Å². The fourth-order valence-electron chi connectivity index (χ4n) is 0.802. The lowest BCUT2D eigenvalue weighted by Crippen LogP contribution is -1.72. The van der Waals surface area contributed by atoms with E-state index in [1.54, 1.807) is 6.20 Å². The van der Waals surface area contributed by atoms with E-state index in [-0.39, 0.29) is 0 Å². The normalized spacial score (nSPS) is 8.58. The van der Waals surface area contributed by atoms with Gasteiger partial charge in [0.2, 0.25) is 0 Å². The van der Waals surface area contributed by atoms with E-state index >= 15 is 0 Å². The molecule has 1 rings (SSSR count). The summed E-state index contributed by atoms with van der Waals surface area (Å²) in [7, 11) is 0. The maximum Gasteiger partial charge on any atom is 0.0372 e. The van der Waals surface area contributed by atoms with E-state index in [1.807, 2.05) is 25.1 Å². The van der Waals surface area contributed by atoms with Gasteiger partial charge in [0.1, 0.15) is 0 Å². The standard InChI is InChI=1S/C6H7N.C5H12/c1-6-4-2-3-5-7-6;1-3-5-4-2/h2-5H,1H3;3-5H2,1-2H3. The first-order chi connectivity index (χ1) is 5.81. The van der Waals surface area contributed by atoms with Gasteiger partial charge >= 0.3 is 0 Å². The first kappa shape index (κ1) is 11.2. The number of unbranched alkanes of at least 4 members (excludes halogenated alkanes) is 2. The molecule has 1 aromatic rings. The van der Waals surface area contributed by atoms with Crippen LogP contribution in [0.2, 0.25) is 0 Å². The summed E-state index contributed by atoms with van der Waals surface area (Å²) in [6, 6.07) is 5.86. The number of aryl methyl sites for hydroxylation is 1. The lowest BCUT2D eigenvalue weighted by Gasteiger charge is -1.82. The Morgan fingerprint density at radius 2 is 1.83 bits per heavy atom. The van der Waals surface area contributed by atoms with Gasteiger partial charge in [-0.15, -0.1) is 0 Å². The summed E-state index contributed by atoms with van der Waals surface area (Å²) < 4.78 is 0. The number of hydrogen-bond donors (Lipinski definition) is 0. The largest absolute Gasteiger partial charge is 0.262 e. The van der Waals surface area contributed by atoms with Crippen molar-refractivity contribution in [1.82, 2.24) is 4.98 Å². The number of rotatable bonds is 2. The molecule has 1 aromatic heterocycles. The minimum absolute atomic E-state index is 1.07. The maximum atomic E-state index is 3.98. The van der Waals surface area contributed by atoms with E-state index < -0.39 is 0 Å². The van der Waals surface area contributed by atoms with Crippen molar-refractivity contribution in [3.8, 4) is 0 Å². The van der Waals surface area contributed by atoms with Crippen LogP contribution in [0.3, 0.4) is 0 Å². The highest BCUT2D eigenvalue weighted by Crippen LogP contribution is 1.88. The number of pyridine rings is 1. The average Bonchev–Trinajstić information content (AvgIpc) is 2.08. The Morgan fingerprint density at radius 3 is 2.00 bits per heavy atom. The molecule has 0 N–H and O–H groups in total. The molecular formula is C11H19N. The molecule has 0 bridgehead atoms. The Labute approximate surface area is 75.8 Å². The molecule has 12 heavy (non-hydrogen) atoms. The smallest absolute Gasteiger partial charge is 0.0372 e. The molecule has 0 atom stereocenters. The van der Waals surface area contributed by atoms with Gasteiger partial charge in [0.25, 0.3) is 0 Å². The van der Waals surface area contributed by atoms with E-state index in [1.165, 1.54) is 19.3 Å². The fourth-order valence-corrected chi connectivity index (χ4v) is 0.802. The Morgan fingerprint density at radius 1 is 1.17 bits per heavy atom. The van der Waals surface area contributed by atoms with E-state index in [0.29, 0.717) is 0 Å². The highest BCUT2D eigenvalue weighted by atomic mass is 14.6. The van der Waals surface area contributed by atoms with Gasteiger partial charge in [-0.05, 0) is 19.1 Å². The Hall–Kier alpha value is -0.850. The van der Waals surface area contributed by atoms with E-state index in [9.17, 15) is 0 Å². The minimum atomic E-state index is 1.07. The van der Waals surface area contributed by atoms with Crippen molar-refractivity contribution in [3.63, 3.8) is 0 Å². The molecule has 0 aliphatic heterocycles. The average molecular weight is 165 g/mol. The van der Waals surface area contributed by atoms with E-state index in [4.69, 9.17) is 0 Å². The van der Waals surface area contributed by atoms with Crippen molar-refractivity contribution >= 4 is 0 Å². The Bertz CT molecular complexity index is 168. The van der Waals surface area contributed by atoms with Crippen LogP contribution in [-0.2, 0) is 0 Å². The van der Waals surface area contributed by atoms with Crippen molar-refractivity contribution < 1.29 is 0 Å². The van der Waals surface area contributed by atoms with Crippen molar-refractivity contribution in [2.45, 2.75) is 40.0 Å². The molecule has 1 nitrogen and oxygen atoms in total. The SMILES string of the molecule is CCCCC.Cc1ccccn1. The van der Waals surface area contributed by atoms with Gasteiger partial charge < -0.3 is 0 Å². The predicted octanol–water partition coefficient (Wildman–Crippen LogP) is 3.59. The van der Waals surface area contributed by atoms with Crippen LogP contribution >= 0.6 is 0 Å². The van der Waals surface area contributed by atoms with Crippen molar-refractivity contribution in [1.29, 1.82) is 0 Å². The topological polar surface area (TPSA) is 12.9 Å². The molecular weight excluding hydrogens is 146 g/mol. The van der Waals surface area contributed by atoms with E-state index in [2.05, 4.69) is 18.8 Å². The van der Waals surface area contributed by atoms with Crippen molar-refractivity contribution in [3.05, 3.63) is 30.1 Å². The van der Waals surface area contributed by atoms with Gasteiger partial charge in [0.05, 0.1) is 0 Å². The molecule has 0 fully saturated rings. The summed E-state index contributed by atoms with van der Waals surface area (Å²) in [6.45, 7) is 6.40. The first-order valence-corrected chi connectivity index (χ1v) is 4.68. The van der Waals surface area contributed by atoms with Gasteiger partial charge in [0.15, 0.2) is 0 Å². The van der Waals surface area contributed by atoms with Crippen molar-refractivity contribution in [2.75, 3.05) is 0 Å². The third-order valence-corrected chi connectivity index (χ3v) is 1.52. The molecule has 0 aliphatic carbocycles. The van der Waals surface area contributed by atoms with Gasteiger partial charge in [0, 0.05) is 11.9 Å². The molecule has 0 spiro atoms. The molecule has 0 aromatic carbocycles. The zero-order valence-corrected chi connectivity index (χ0v) is 8.38. The van der Waals surface area contributed by atoms with Crippen LogP contribution in [0.15, 0.2) is 24.4 Å². The molecule has 1 heteroatoms. The molecule has 0 amide bonds. The first-order valence-electron chi connectivity index (χ1n) is 4.68. The van der Waals surface area contributed by atoms with Crippen LogP contribution < -0.4 is 0 Å². The highest BCUT2D eigenvalue weighted by Gasteiger charge is 1.73. The molecule has 0 radical (unpaired) electrons. The monoisotopic (exact) mass is 165 g/mol. The quantitative estimate of drug-likeness (QED) is 0.652. The molecule has 1 heterocycles. The number of aromatic nitrogens is 1. The highest BCUT2D eigenvalue weighted by molar-refractivity contribution is 4.99.